The van der Waals surface area contributed by atoms with Gasteiger partial charge in [-0.15, -0.1) is 0 Å². The van der Waals surface area contributed by atoms with Crippen molar-refractivity contribution in [2.75, 3.05) is 0 Å². The molecule has 3 heteroatoms. The van der Waals surface area contributed by atoms with Gasteiger partial charge in [0.2, 0.25) is 0 Å². The molecule has 0 aromatic rings. The summed E-state index contributed by atoms with van der Waals surface area (Å²) in [6.45, 7) is 0. The molecule has 11 heavy (non-hydrogen) atoms. The minimum atomic E-state index is -0.272. The second-order valence-electron chi connectivity index (χ2n) is 3.77. The predicted octanol–water partition coefficient (Wildman–Crippen LogP) is -0.360. The van der Waals surface area contributed by atoms with Gasteiger partial charge < -0.3 is 11.5 Å². The summed E-state index contributed by atoms with van der Waals surface area (Å²) >= 11 is 0. The van der Waals surface area contributed by atoms with Gasteiger partial charge in [0.25, 0.3) is 0 Å². The zero-order valence-electron chi connectivity index (χ0n) is 6.49. The van der Waals surface area contributed by atoms with Crippen LogP contribution in [0.5, 0.6) is 0 Å². The Bertz CT molecular complexity index is 193. The summed E-state index contributed by atoms with van der Waals surface area (Å²) in [5.41, 5.74) is 11.3. The molecule has 0 heterocycles. The van der Waals surface area contributed by atoms with Crippen LogP contribution in [0, 0.1) is 11.8 Å². The Labute approximate surface area is 66.1 Å². The van der Waals surface area contributed by atoms with Crippen LogP contribution < -0.4 is 11.5 Å². The smallest absolute Gasteiger partial charge is 0.166 e. The van der Waals surface area contributed by atoms with E-state index >= 15 is 0 Å². The molecular formula is C8H14N2O. The van der Waals surface area contributed by atoms with Gasteiger partial charge in [0, 0.05) is 0 Å². The largest absolute Gasteiger partial charge is 0.321 e. The molecule has 0 aromatic carbocycles. The summed E-state index contributed by atoms with van der Waals surface area (Å²) in [4.78, 5) is 11.3. The average Bonchev–Trinajstić information content (AvgIpc) is 1.93. The Morgan fingerprint density at radius 2 is 2.00 bits per heavy atom. The van der Waals surface area contributed by atoms with E-state index in [4.69, 9.17) is 11.5 Å². The first-order valence-electron chi connectivity index (χ1n) is 4.25. The fourth-order valence-corrected chi connectivity index (χ4v) is 2.26. The SMILES string of the molecule is NC1CC2CCC2C(N)C1=O. The minimum absolute atomic E-state index is 0.0750. The number of carbonyl (C=O) groups excluding carboxylic acids is 1. The van der Waals surface area contributed by atoms with Gasteiger partial charge >= 0.3 is 0 Å². The molecule has 2 saturated carbocycles. The molecule has 0 bridgehead atoms. The van der Waals surface area contributed by atoms with Crippen molar-refractivity contribution in [2.24, 2.45) is 23.3 Å². The maximum atomic E-state index is 11.3. The highest BCUT2D eigenvalue weighted by atomic mass is 16.1. The Morgan fingerprint density at radius 1 is 1.27 bits per heavy atom. The zero-order valence-corrected chi connectivity index (χ0v) is 6.49. The van der Waals surface area contributed by atoms with Gasteiger partial charge in [-0.2, -0.15) is 0 Å². The van der Waals surface area contributed by atoms with Crippen molar-refractivity contribution < 1.29 is 4.79 Å². The van der Waals surface area contributed by atoms with Gasteiger partial charge in [-0.05, 0) is 31.1 Å². The Morgan fingerprint density at radius 3 is 2.55 bits per heavy atom. The molecule has 0 aromatic heterocycles. The highest BCUT2D eigenvalue weighted by Gasteiger charge is 2.45. The third-order valence-electron chi connectivity index (χ3n) is 3.19. The lowest BCUT2D eigenvalue weighted by Gasteiger charge is -2.45. The van der Waals surface area contributed by atoms with E-state index in [0.29, 0.717) is 11.8 Å². The second-order valence-corrected chi connectivity index (χ2v) is 3.77. The Hall–Kier alpha value is -0.410. The molecule has 4 N–H and O–H groups in total. The van der Waals surface area contributed by atoms with E-state index in [1.165, 1.54) is 6.42 Å². The normalized spacial score (nSPS) is 49.8. The fourth-order valence-electron chi connectivity index (χ4n) is 2.26. The molecule has 3 nitrogen and oxygen atoms in total. The summed E-state index contributed by atoms with van der Waals surface area (Å²) in [5.74, 6) is 1.19. The van der Waals surface area contributed by atoms with Crippen molar-refractivity contribution in [2.45, 2.75) is 31.3 Å². The summed E-state index contributed by atoms with van der Waals surface area (Å²) in [6, 6.07) is -0.524. The van der Waals surface area contributed by atoms with Crippen molar-refractivity contribution in [1.29, 1.82) is 0 Å². The number of ketones is 1. The molecule has 4 atom stereocenters. The first kappa shape index (κ1) is 7.25. The molecule has 0 saturated heterocycles. The van der Waals surface area contributed by atoms with Crippen LogP contribution in [0.1, 0.15) is 19.3 Å². The minimum Gasteiger partial charge on any atom is -0.321 e. The first-order chi connectivity index (χ1) is 5.20. The molecule has 4 unspecified atom stereocenters. The number of nitrogens with two attached hydrogens (primary N) is 2. The van der Waals surface area contributed by atoms with Gasteiger partial charge in [-0.1, -0.05) is 0 Å². The van der Waals surface area contributed by atoms with Crippen LogP contribution in [-0.2, 0) is 4.79 Å². The molecule has 0 radical (unpaired) electrons. The highest BCUT2D eigenvalue weighted by Crippen LogP contribution is 2.42. The number of carbonyl (C=O) groups is 1. The third kappa shape index (κ3) is 0.914. The molecule has 2 aliphatic rings. The van der Waals surface area contributed by atoms with Crippen molar-refractivity contribution in [3.63, 3.8) is 0 Å². The number of fused-ring (bicyclic) bond motifs is 1. The van der Waals surface area contributed by atoms with Crippen LogP contribution in [0.15, 0.2) is 0 Å². The van der Waals surface area contributed by atoms with E-state index in [1.54, 1.807) is 0 Å². The van der Waals surface area contributed by atoms with Gasteiger partial charge in [0.15, 0.2) is 5.78 Å². The van der Waals surface area contributed by atoms with Gasteiger partial charge in [-0.25, -0.2) is 0 Å². The molecule has 62 valence electrons. The van der Waals surface area contributed by atoms with E-state index in [-0.39, 0.29) is 17.9 Å². The van der Waals surface area contributed by atoms with E-state index < -0.39 is 0 Å². The number of hydrogen-bond donors (Lipinski definition) is 2. The van der Waals surface area contributed by atoms with Crippen molar-refractivity contribution in [1.82, 2.24) is 0 Å². The predicted molar refractivity (Wildman–Crippen MR) is 41.8 cm³/mol. The van der Waals surface area contributed by atoms with Gasteiger partial charge in [0.05, 0.1) is 12.1 Å². The number of rotatable bonds is 0. The first-order valence-corrected chi connectivity index (χ1v) is 4.25. The van der Waals surface area contributed by atoms with Crippen LogP contribution in [0.2, 0.25) is 0 Å². The molecule has 2 rings (SSSR count). The van der Waals surface area contributed by atoms with Crippen molar-refractivity contribution in [3.05, 3.63) is 0 Å². The zero-order chi connectivity index (χ0) is 8.01. The van der Waals surface area contributed by atoms with E-state index in [0.717, 1.165) is 12.8 Å². The van der Waals surface area contributed by atoms with Crippen LogP contribution in [0.25, 0.3) is 0 Å². The molecule has 0 spiro atoms. The third-order valence-corrected chi connectivity index (χ3v) is 3.19. The molecule has 2 aliphatic carbocycles. The lowest BCUT2D eigenvalue weighted by atomic mass is 9.62. The quantitative estimate of drug-likeness (QED) is 0.500. The average molecular weight is 154 g/mol. The summed E-state index contributed by atoms with van der Waals surface area (Å²) in [7, 11) is 0. The lowest BCUT2D eigenvalue weighted by Crippen LogP contribution is -2.58. The maximum absolute atomic E-state index is 11.3. The molecule has 2 fully saturated rings. The van der Waals surface area contributed by atoms with Crippen LogP contribution in [0.4, 0.5) is 0 Å². The topological polar surface area (TPSA) is 69.1 Å². The second kappa shape index (κ2) is 2.29. The molecule has 0 aliphatic heterocycles. The summed E-state index contributed by atoms with van der Waals surface area (Å²) < 4.78 is 0. The van der Waals surface area contributed by atoms with E-state index in [2.05, 4.69) is 0 Å². The number of Topliss-reactive ketones (excluding diaryl/α,β-unsaturated/α-hetero) is 1. The summed E-state index contributed by atoms with van der Waals surface area (Å²) in [6.07, 6.45) is 3.22. The van der Waals surface area contributed by atoms with Gasteiger partial charge in [0.1, 0.15) is 0 Å². The lowest BCUT2D eigenvalue weighted by molar-refractivity contribution is -0.128. The summed E-state index contributed by atoms with van der Waals surface area (Å²) in [5, 5.41) is 0. The number of hydrogen-bond acceptors (Lipinski definition) is 3. The molecular weight excluding hydrogens is 140 g/mol. The van der Waals surface area contributed by atoms with Gasteiger partial charge in [-0.3, -0.25) is 4.79 Å². The Balaban J connectivity index is 2.12. The van der Waals surface area contributed by atoms with E-state index in [9.17, 15) is 4.79 Å². The highest BCUT2D eigenvalue weighted by molar-refractivity contribution is 5.90. The van der Waals surface area contributed by atoms with Crippen molar-refractivity contribution in [3.8, 4) is 0 Å². The standard InChI is InChI=1S/C8H14N2O/c9-6-3-4-1-2-5(4)7(10)8(6)11/h4-7H,1-3,9-10H2. The van der Waals surface area contributed by atoms with Crippen molar-refractivity contribution >= 4 is 5.78 Å². The fraction of sp³-hybridized carbons (Fsp3) is 0.875. The molecule has 0 amide bonds. The van der Waals surface area contributed by atoms with E-state index in [1.807, 2.05) is 0 Å². The monoisotopic (exact) mass is 154 g/mol. The van der Waals surface area contributed by atoms with Crippen LogP contribution in [-0.4, -0.2) is 17.9 Å². The maximum Gasteiger partial charge on any atom is 0.166 e. The van der Waals surface area contributed by atoms with Crippen LogP contribution >= 0.6 is 0 Å². The van der Waals surface area contributed by atoms with Crippen LogP contribution in [0.3, 0.4) is 0 Å². The Kier molecular flexibility index (Phi) is 1.51.